The zero-order valence-corrected chi connectivity index (χ0v) is 12.3. The third-order valence-electron chi connectivity index (χ3n) is 3.98. The van der Waals surface area contributed by atoms with Gasteiger partial charge in [-0.1, -0.05) is 27.7 Å². The predicted octanol–water partition coefficient (Wildman–Crippen LogP) is 2.17. The molecule has 0 aromatic rings. The first kappa shape index (κ1) is 15.8. The molecule has 0 aliphatic carbocycles. The topological polar surface area (TPSA) is 69.6 Å². The van der Waals surface area contributed by atoms with Crippen LogP contribution in [0.3, 0.4) is 0 Å². The van der Waals surface area contributed by atoms with Crippen molar-refractivity contribution in [3.8, 4) is 0 Å². The number of amides is 2. The molecule has 1 aliphatic heterocycles. The Balaban J connectivity index is 2.49. The predicted molar refractivity (Wildman–Crippen MR) is 73.9 cm³/mol. The molecular formula is C14H26N2O3. The number of carbonyl (C=O) groups excluding carboxylic acids is 1. The van der Waals surface area contributed by atoms with Gasteiger partial charge < -0.3 is 15.3 Å². The minimum absolute atomic E-state index is 0.116. The molecule has 19 heavy (non-hydrogen) atoms. The Bertz CT molecular complexity index is 321. The van der Waals surface area contributed by atoms with Crippen molar-refractivity contribution >= 4 is 12.0 Å². The summed E-state index contributed by atoms with van der Waals surface area (Å²) >= 11 is 0. The fourth-order valence-electron chi connectivity index (χ4n) is 2.51. The number of carboxylic acid groups (broad SMARTS) is 1. The fraction of sp³-hybridized carbons (Fsp3) is 0.857. The normalized spacial score (nSPS) is 18.7. The number of hydrogen-bond acceptors (Lipinski definition) is 2. The summed E-state index contributed by atoms with van der Waals surface area (Å²) in [5, 5.41) is 11.7. The lowest BCUT2D eigenvalue weighted by molar-refractivity contribution is -0.140. The van der Waals surface area contributed by atoms with E-state index in [9.17, 15) is 9.59 Å². The third kappa shape index (κ3) is 4.40. The maximum atomic E-state index is 12.0. The van der Waals surface area contributed by atoms with E-state index in [2.05, 4.69) is 19.2 Å². The van der Waals surface area contributed by atoms with Crippen LogP contribution in [0.25, 0.3) is 0 Å². The van der Waals surface area contributed by atoms with E-state index < -0.39 is 12.0 Å². The molecule has 1 fully saturated rings. The number of nitrogens with zero attached hydrogens (tertiary/aromatic N) is 1. The summed E-state index contributed by atoms with van der Waals surface area (Å²) in [5.41, 5.74) is 0. The van der Waals surface area contributed by atoms with Gasteiger partial charge in [0.15, 0.2) is 0 Å². The highest BCUT2D eigenvalue weighted by molar-refractivity contribution is 5.82. The van der Waals surface area contributed by atoms with E-state index in [0.29, 0.717) is 11.8 Å². The van der Waals surface area contributed by atoms with Crippen LogP contribution in [0.4, 0.5) is 4.79 Å². The molecule has 0 aromatic heterocycles. The lowest BCUT2D eigenvalue weighted by Gasteiger charge is -2.34. The number of rotatable bonds is 4. The van der Waals surface area contributed by atoms with Gasteiger partial charge in [-0.2, -0.15) is 0 Å². The largest absolute Gasteiger partial charge is 0.480 e. The number of aliphatic carboxylic acids is 1. The molecule has 1 aliphatic rings. The van der Waals surface area contributed by atoms with Crippen molar-refractivity contribution in [3.05, 3.63) is 0 Å². The SMILES string of the molecule is CC(C)C1CCN(C(=O)N[C@@H](C(=O)O)C(C)C)CC1. The summed E-state index contributed by atoms with van der Waals surface area (Å²) in [4.78, 5) is 24.8. The number of piperidine rings is 1. The summed E-state index contributed by atoms with van der Waals surface area (Å²) in [6.07, 6.45) is 2.01. The molecule has 0 saturated carbocycles. The quantitative estimate of drug-likeness (QED) is 0.822. The second kappa shape index (κ2) is 6.78. The average molecular weight is 270 g/mol. The molecule has 2 amide bonds. The van der Waals surface area contributed by atoms with E-state index in [0.717, 1.165) is 25.9 Å². The van der Waals surface area contributed by atoms with Crippen molar-refractivity contribution in [2.75, 3.05) is 13.1 Å². The molecule has 1 rings (SSSR count). The van der Waals surface area contributed by atoms with Crippen LogP contribution in [-0.4, -0.2) is 41.1 Å². The molecule has 0 bridgehead atoms. The minimum atomic E-state index is -0.972. The van der Waals surface area contributed by atoms with E-state index in [1.54, 1.807) is 18.7 Å². The van der Waals surface area contributed by atoms with Crippen LogP contribution >= 0.6 is 0 Å². The Morgan fingerprint density at radius 3 is 2.05 bits per heavy atom. The van der Waals surface area contributed by atoms with Gasteiger partial charge in [0.2, 0.25) is 0 Å². The first-order chi connectivity index (χ1) is 8.82. The molecule has 2 N–H and O–H groups in total. The summed E-state index contributed by atoms with van der Waals surface area (Å²) in [5.74, 6) is 0.229. The van der Waals surface area contributed by atoms with Gasteiger partial charge in [0.1, 0.15) is 6.04 Å². The van der Waals surface area contributed by atoms with Gasteiger partial charge in [0.05, 0.1) is 0 Å². The van der Waals surface area contributed by atoms with Crippen LogP contribution in [0.2, 0.25) is 0 Å². The highest BCUT2D eigenvalue weighted by Gasteiger charge is 2.28. The average Bonchev–Trinajstić information content (AvgIpc) is 2.34. The Morgan fingerprint density at radius 1 is 1.16 bits per heavy atom. The van der Waals surface area contributed by atoms with Gasteiger partial charge in [-0.25, -0.2) is 9.59 Å². The second-order valence-electron chi connectivity index (χ2n) is 6.08. The molecule has 0 radical (unpaired) electrons. The van der Waals surface area contributed by atoms with Gasteiger partial charge in [0.25, 0.3) is 0 Å². The number of likely N-dealkylation sites (tertiary alicyclic amines) is 1. The molecule has 0 spiro atoms. The van der Waals surface area contributed by atoms with Crippen LogP contribution in [0.5, 0.6) is 0 Å². The zero-order valence-electron chi connectivity index (χ0n) is 12.3. The van der Waals surface area contributed by atoms with Crippen LogP contribution in [0.15, 0.2) is 0 Å². The molecule has 5 heteroatoms. The molecular weight excluding hydrogens is 244 g/mol. The van der Waals surface area contributed by atoms with Crippen LogP contribution in [0.1, 0.15) is 40.5 Å². The van der Waals surface area contributed by atoms with Crippen LogP contribution < -0.4 is 5.32 Å². The zero-order chi connectivity index (χ0) is 14.6. The lowest BCUT2D eigenvalue weighted by Crippen LogP contribution is -2.52. The number of hydrogen-bond donors (Lipinski definition) is 2. The number of urea groups is 1. The number of carbonyl (C=O) groups is 2. The Labute approximate surface area is 115 Å². The summed E-state index contributed by atoms with van der Waals surface area (Å²) in [7, 11) is 0. The van der Waals surface area contributed by atoms with Gasteiger partial charge >= 0.3 is 12.0 Å². The van der Waals surface area contributed by atoms with Gasteiger partial charge in [0, 0.05) is 13.1 Å². The molecule has 1 saturated heterocycles. The molecule has 1 heterocycles. The third-order valence-corrected chi connectivity index (χ3v) is 3.98. The van der Waals surface area contributed by atoms with Crippen molar-refractivity contribution in [2.45, 2.75) is 46.6 Å². The Morgan fingerprint density at radius 2 is 1.68 bits per heavy atom. The monoisotopic (exact) mass is 270 g/mol. The van der Waals surface area contributed by atoms with E-state index in [1.165, 1.54) is 0 Å². The maximum Gasteiger partial charge on any atom is 0.326 e. The molecule has 1 atom stereocenters. The maximum absolute atomic E-state index is 12.0. The Hall–Kier alpha value is -1.26. The van der Waals surface area contributed by atoms with Crippen LogP contribution in [-0.2, 0) is 4.79 Å². The van der Waals surface area contributed by atoms with E-state index in [-0.39, 0.29) is 11.9 Å². The smallest absolute Gasteiger partial charge is 0.326 e. The molecule has 5 nitrogen and oxygen atoms in total. The van der Waals surface area contributed by atoms with Crippen molar-refractivity contribution in [1.82, 2.24) is 10.2 Å². The van der Waals surface area contributed by atoms with Crippen molar-refractivity contribution in [1.29, 1.82) is 0 Å². The van der Waals surface area contributed by atoms with Crippen molar-refractivity contribution in [3.63, 3.8) is 0 Å². The lowest BCUT2D eigenvalue weighted by atomic mass is 9.87. The molecule has 110 valence electrons. The number of carboxylic acids is 1. The second-order valence-corrected chi connectivity index (χ2v) is 6.08. The first-order valence-corrected chi connectivity index (χ1v) is 7.11. The Kier molecular flexibility index (Phi) is 5.63. The van der Waals surface area contributed by atoms with Gasteiger partial charge in [-0.05, 0) is 30.6 Å². The fourth-order valence-corrected chi connectivity index (χ4v) is 2.51. The highest BCUT2D eigenvalue weighted by atomic mass is 16.4. The van der Waals surface area contributed by atoms with E-state index in [1.807, 2.05) is 0 Å². The number of nitrogens with one attached hydrogen (secondary N) is 1. The standard InChI is InChI=1S/C14H26N2O3/c1-9(2)11-5-7-16(8-6-11)14(19)15-12(10(3)4)13(17)18/h9-12H,5-8H2,1-4H3,(H,15,19)(H,17,18)/t12-/m1/s1. The van der Waals surface area contributed by atoms with Crippen LogP contribution in [0, 0.1) is 17.8 Å². The van der Waals surface area contributed by atoms with Gasteiger partial charge in [-0.15, -0.1) is 0 Å². The van der Waals surface area contributed by atoms with E-state index in [4.69, 9.17) is 5.11 Å². The summed E-state index contributed by atoms with van der Waals surface area (Å²) < 4.78 is 0. The van der Waals surface area contributed by atoms with Gasteiger partial charge in [-0.3, -0.25) is 0 Å². The van der Waals surface area contributed by atoms with E-state index >= 15 is 0 Å². The first-order valence-electron chi connectivity index (χ1n) is 7.11. The highest BCUT2D eigenvalue weighted by Crippen LogP contribution is 2.24. The minimum Gasteiger partial charge on any atom is -0.480 e. The molecule has 0 aromatic carbocycles. The van der Waals surface area contributed by atoms with Crippen molar-refractivity contribution < 1.29 is 14.7 Å². The summed E-state index contributed by atoms with van der Waals surface area (Å²) in [6, 6.07) is -1.06. The summed E-state index contributed by atoms with van der Waals surface area (Å²) in [6.45, 7) is 9.45. The molecule has 0 unspecified atom stereocenters. The van der Waals surface area contributed by atoms with Crippen molar-refractivity contribution in [2.24, 2.45) is 17.8 Å².